The Morgan fingerprint density at radius 3 is 2.65 bits per heavy atom. The van der Waals surface area contributed by atoms with E-state index in [4.69, 9.17) is 19.3 Å². The first-order chi connectivity index (χ1) is 17.9. The number of nitrogens with one attached hydrogen (secondary N) is 1. The fourth-order valence-electron chi connectivity index (χ4n) is 3.87. The van der Waals surface area contributed by atoms with E-state index in [1.807, 2.05) is 0 Å². The fraction of sp³-hybridized carbons (Fsp3) is 0.280. The third-order valence-electron chi connectivity index (χ3n) is 5.76. The number of ether oxygens (including phenoxy) is 2. The summed E-state index contributed by atoms with van der Waals surface area (Å²) in [5, 5.41) is 14.9. The van der Waals surface area contributed by atoms with Gasteiger partial charge in [0.2, 0.25) is 11.1 Å². The molecule has 0 spiro atoms. The lowest BCUT2D eigenvalue weighted by atomic mass is 10.1. The molecule has 4 heterocycles. The van der Waals surface area contributed by atoms with Crippen molar-refractivity contribution in [3.63, 3.8) is 0 Å². The Bertz CT molecular complexity index is 1350. The van der Waals surface area contributed by atoms with E-state index < -0.39 is 11.9 Å². The van der Waals surface area contributed by atoms with Gasteiger partial charge in [-0.1, -0.05) is 12.1 Å². The maximum absolute atomic E-state index is 12.7. The molecule has 5 rings (SSSR count). The highest BCUT2D eigenvalue weighted by molar-refractivity contribution is 8.27. The number of hydrogen-bond acceptors (Lipinski definition) is 9. The molecule has 1 aromatic carbocycles. The molecule has 1 N–H and O–H groups in total. The number of benzene rings is 1. The summed E-state index contributed by atoms with van der Waals surface area (Å²) in [5.74, 6) is -0.328. The van der Waals surface area contributed by atoms with Crippen molar-refractivity contribution in [1.29, 1.82) is 5.41 Å². The third-order valence-corrected chi connectivity index (χ3v) is 6.66. The second kappa shape index (κ2) is 10.5. The highest BCUT2D eigenvalue weighted by Crippen LogP contribution is 2.31. The van der Waals surface area contributed by atoms with Gasteiger partial charge in [-0.05, 0) is 49.0 Å². The molecule has 3 aliphatic heterocycles. The van der Waals surface area contributed by atoms with Gasteiger partial charge in [-0.25, -0.2) is 4.79 Å². The van der Waals surface area contributed by atoms with E-state index >= 15 is 0 Å². The Balaban J connectivity index is 1.29. The van der Waals surface area contributed by atoms with Crippen LogP contribution in [0.25, 0.3) is 17.4 Å². The normalized spacial score (nSPS) is 18.6. The minimum atomic E-state index is -0.587. The lowest BCUT2D eigenvalue weighted by Crippen LogP contribution is -2.41. The third kappa shape index (κ3) is 5.25. The van der Waals surface area contributed by atoms with E-state index in [9.17, 15) is 14.4 Å². The Morgan fingerprint density at radius 1 is 1.16 bits per heavy atom. The van der Waals surface area contributed by atoms with E-state index in [-0.39, 0.29) is 28.9 Å². The number of nitrogens with zero attached hydrogens (tertiary/aromatic N) is 4. The average molecular weight is 522 g/mol. The first-order valence-electron chi connectivity index (χ1n) is 11.6. The van der Waals surface area contributed by atoms with Crippen molar-refractivity contribution >= 4 is 51.7 Å². The van der Waals surface area contributed by atoms with Crippen LogP contribution in [0.15, 0.2) is 56.5 Å². The lowest BCUT2D eigenvalue weighted by molar-refractivity contribution is -0.133. The summed E-state index contributed by atoms with van der Waals surface area (Å²) in [6.45, 7) is 4.11. The van der Waals surface area contributed by atoms with Gasteiger partial charge < -0.3 is 18.8 Å². The minimum absolute atomic E-state index is 0.0208. The summed E-state index contributed by atoms with van der Waals surface area (Å²) < 4.78 is 16.1. The van der Waals surface area contributed by atoms with Gasteiger partial charge in [0, 0.05) is 18.7 Å². The molecule has 3 aliphatic rings. The van der Waals surface area contributed by atoms with Gasteiger partial charge in [-0.15, -0.1) is 0 Å². The van der Waals surface area contributed by atoms with E-state index in [0.29, 0.717) is 55.0 Å². The number of hydrogen-bond donors (Lipinski definition) is 1. The SMILES string of the molecule is CCOC(=O)c1ccc(-c2ccc(C=C3C(=N)N4N=C(CC(=O)N5CCOCC5)SC4=NC3=O)o2)cc1. The topological polar surface area (TPSA) is 138 Å². The Labute approximate surface area is 216 Å². The zero-order valence-corrected chi connectivity index (χ0v) is 20.7. The number of carbonyl (C=O) groups is 3. The molecule has 1 fully saturated rings. The summed E-state index contributed by atoms with van der Waals surface area (Å²) >= 11 is 1.11. The zero-order chi connectivity index (χ0) is 25.9. The number of thioether (sulfide) groups is 1. The summed E-state index contributed by atoms with van der Waals surface area (Å²) in [4.78, 5) is 42.9. The van der Waals surface area contributed by atoms with Crippen LogP contribution in [0, 0.1) is 5.41 Å². The molecule has 1 saturated heterocycles. The van der Waals surface area contributed by atoms with Gasteiger partial charge in [-0.2, -0.15) is 15.1 Å². The van der Waals surface area contributed by atoms with Gasteiger partial charge in [-0.3, -0.25) is 15.0 Å². The van der Waals surface area contributed by atoms with Crippen LogP contribution in [0.4, 0.5) is 0 Å². The molecule has 0 saturated carbocycles. The maximum atomic E-state index is 12.7. The summed E-state index contributed by atoms with van der Waals surface area (Å²) in [7, 11) is 0. The largest absolute Gasteiger partial charge is 0.462 e. The number of fused-ring (bicyclic) bond motifs is 1. The van der Waals surface area contributed by atoms with Crippen molar-refractivity contribution in [2.24, 2.45) is 10.1 Å². The van der Waals surface area contributed by atoms with E-state index in [1.54, 1.807) is 48.2 Å². The van der Waals surface area contributed by atoms with Crippen molar-refractivity contribution in [2.75, 3.05) is 32.9 Å². The van der Waals surface area contributed by atoms with Gasteiger partial charge >= 0.3 is 5.97 Å². The number of rotatable bonds is 6. The fourth-order valence-corrected chi connectivity index (χ4v) is 4.75. The van der Waals surface area contributed by atoms with Crippen molar-refractivity contribution in [3.8, 4) is 11.3 Å². The van der Waals surface area contributed by atoms with Gasteiger partial charge in [0.05, 0.1) is 37.4 Å². The van der Waals surface area contributed by atoms with Crippen molar-refractivity contribution < 1.29 is 28.3 Å². The molecule has 0 atom stereocenters. The molecule has 2 aromatic rings. The van der Waals surface area contributed by atoms with Crippen molar-refractivity contribution in [3.05, 3.63) is 53.3 Å². The van der Waals surface area contributed by atoms with Crippen LogP contribution in [0.5, 0.6) is 0 Å². The smallest absolute Gasteiger partial charge is 0.338 e. The van der Waals surface area contributed by atoms with Gasteiger partial charge in [0.15, 0.2) is 5.84 Å². The molecule has 37 heavy (non-hydrogen) atoms. The first kappa shape index (κ1) is 24.7. The molecule has 190 valence electrons. The second-order valence-electron chi connectivity index (χ2n) is 8.18. The molecule has 0 radical (unpaired) electrons. The Morgan fingerprint density at radius 2 is 1.92 bits per heavy atom. The summed E-state index contributed by atoms with van der Waals surface area (Å²) in [6, 6.07) is 10.2. The van der Waals surface area contributed by atoms with Crippen LogP contribution in [-0.2, 0) is 19.1 Å². The number of hydrazone groups is 1. The van der Waals surface area contributed by atoms with E-state index in [2.05, 4.69) is 10.1 Å². The van der Waals surface area contributed by atoms with Crippen molar-refractivity contribution in [2.45, 2.75) is 13.3 Å². The van der Waals surface area contributed by atoms with E-state index in [1.165, 1.54) is 11.1 Å². The van der Waals surface area contributed by atoms with Crippen LogP contribution in [0.3, 0.4) is 0 Å². The molecule has 11 nitrogen and oxygen atoms in total. The molecular weight excluding hydrogens is 498 g/mol. The van der Waals surface area contributed by atoms with Crippen LogP contribution in [0.1, 0.15) is 29.5 Å². The highest BCUT2D eigenvalue weighted by Gasteiger charge is 2.36. The van der Waals surface area contributed by atoms with Crippen LogP contribution in [0.2, 0.25) is 0 Å². The average Bonchev–Trinajstić information content (AvgIpc) is 3.54. The number of amidine groups is 2. The number of furan rings is 1. The summed E-state index contributed by atoms with van der Waals surface area (Å²) in [6.07, 6.45) is 1.51. The van der Waals surface area contributed by atoms with E-state index in [0.717, 1.165) is 17.3 Å². The van der Waals surface area contributed by atoms with Crippen molar-refractivity contribution in [1.82, 2.24) is 9.91 Å². The molecule has 0 unspecified atom stereocenters. The lowest BCUT2D eigenvalue weighted by Gasteiger charge is -2.26. The maximum Gasteiger partial charge on any atom is 0.338 e. The molecule has 12 heteroatoms. The van der Waals surface area contributed by atoms with Crippen LogP contribution >= 0.6 is 11.8 Å². The number of carbonyl (C=O) groups excluding carboxylic acids is 3. The standard InChI is InChI=1S/C25H23N5O6S/c1-2-35-24(33)16-5-3-15(4-6-16)19-8-7-17(36-19)13-18-22(26)30-25(27-23(18)32)37-20(28-30)14-21(31)29-9-11-34-12-10-29/h3-8,13,26H,2,9-12,14H2,1H3. The Kier molecular flexibility index (Phi) is 7.01. The molecule has 0 bridgehead atoms. The molecular formula is C25H23N5O6S. The molecule has 2 amide bonds. The highest BCUT2D eigenvalue weighted by atomic mass is 32.2. The number of aliphatic imine (C=N–C) groups is 1. The van der Waals surface area contributed by atoms with Gasteiger partial charge in [0.25, 0.3) is 5.91 Å². The minimum Gasteiger partial charge on any atom is -0.462 e. The first-order valence-corrected chi connectivity index (χ1v) is 12.5. The molecule has 0 aliphatic carbocycles. The van der Waals surface area contributed by atoms with Crippen LogP contribution in [-0.4, -0.2) is 76.6 Å². The predicted molar refractivity (Wildman–Crippen MR) is 137 cm³/mol. The number of morpholine rings is 1. The monoisotopic (exact) mass is 521 g/mol. The van der Waals surface area contributed by atoms with Crippen LogP contribution < -0.4 is 0 Å². The number of esters is 1. The Hall–Kier alpha value is -4.03. The predicted octanol–water partition coefficient (Wildman–Crippen LogP) is 2.99. The second-order valence-corrected chi connectivity index (χ2v) is 9.22. The number of amides is 2. The summed E-state index contributed by atoms with van der Waals surface area (Å²) in [5.41, 5.74) is 1.19. The zero-order valence-electron chi connectivity index (χ0n) is 19.9. The quantitative estimate of drug-likeness (QED) is 0.452. The molecule has 1 aromatic heterocycles. The van der Waals surface area contributed by atoms with Gasteiger partial charge in [0.1, 0.15) is 16.6 Å².